The number of hydrogen-bond acceptors (Lipinski definition) is 2. The number of amides is 1. The second kappa shape index (κ2) is 6.79. The van der Waals surface area contributed by atoms with Gasteiger partial charge in [-0.1, -0.05) is 40.9 Å². The second-order valence-corrected chi connectivity index (χ2v) is 6.21. The average molecular weight is 369 g/mol. The molecule has 4 nitrogen and oxygen atoms in total. The van der Waals surface area contributed by atoms with E-state index in [0.29, 0.717) is 45.4 Å². The van der Waals surface area contributed by atoms with Crippen LogP contribution in [0, 0.1) is 0 Å². The van der Waals surface area contributed by atoms with E-state index < -0.39 is 0 Å². The van der Waals surface area contributed by atoms with Gasteiger partial charge in [0.1, 0.15) is 0 Å². The molecule has 0 spiro atoms. The molecule has 1 saturated heterocycles. The fraction of sp³-hybridized carbons (Fsp3) is 0.125. The van der Waals surface area contributed by atoms with Gasteiger partial charge in [0.25, 0.3) is 5.91 Å². The van der Waals surface area contributed by atoms with Crippen molar-refractivity contribution < 1.29 is 4.79 Å². The van der Waals surface area contributed by atoms with Gasteiger partial charge in [0.2, 0.25) is 5.96 Å². The van der Waals surface area contributed by atoms with Gasteiger partial charge in [0, 0.05) is 28.7 Å². The molecule has 0 radical (unpaired) electrons. The van der Waals surface area contributed by atoms with Crippen LogP contribution in [-0.4, -0.2) is 29.9 Å². The van der Waals surface area contributed by atoms with Crippen LogP contribution in [-0.2, 0) is 0 Å². The number of halogens is 3. The Morgan fingerprint density at radius 1 is 1.09 bits per heavy atom. The van der Waals surface area contributed by atoms with Crippen molar-refractivity contribution in [3.05, 3.63) is 63.1 Å². The lowest BCUT2D eigenvalue weighted by Crippen LogP contribution is -2.35. The highest BCUT2D eigenvalue weighted by Crippen LogP contribution is 2.28. The van der Waals surface area contributed by atoms with Gasteiger partial charge in [0.05, 0.1) is 10.7 Å². The predicted molar refractivity (Wildman–Crippen MR) is 94.0 cm³/mol. The summed E-state index contributed by atoms with van der Waals surface area (Å²) in [6.07, 6.45) is 0. The molecule has 1 heterocycles. The molecular weight excluding hydrogens is 357 g/mol. The van der Waals surface area contributed by atoms with Crippen LogP contribution in [0.1, 0.15) is 10.4 Å². The number of aliphatic imine (C=N–C) groups is 1. The molecular formula is C16H12Cl3N3O. The molecule has 2 aromatic rings. The summed E-state index contributed by atoms with van der Waals surface area (Å²) < 4.78 is 0. The number of guanidine groups is 1. The fourth-order valence-corrected chi connectivity index (χ4v) is 2.88. The Bertz CT molecular complexity index is 792. The van der Waals surface area contributed by atoms with E-state index in [2.05, 4.69) is 10.3 Å². The molecule has 0 unspecified atom stereocenters. The maximum absolute atomic E-state index is 12.6. The lowest BCUT2D eigenvalue weighted by atomic mass is 10.2. The molecule has 1 N–H and O–H groups in total. The molecule has 0 aliphatic carbocycles. The number of nitrogens with one attached hydrogen (secondary N) is 1. The summed E-state index contributed by atoms with van der Waals surface area (Å²) in [5, 5.41) is 4.57. The largest absolute Gasteiger partial charge is 0.354 e. The van der Waals surface area contributed by atoms with Crippen LogP contribution in [0.15, 0.2) is 47.5 Å². The summed E-state index contributed by atoms with van der Waals surface area (Å²) >= 11 is 18.0. The SMILES string of the molecule is O=C(c1cccc(Cl)c1)N1CCNC1=Nc1ccc(Cl)cc1Cl. The van der Waals surface area contributed by atoms with Crippen molar-refractivity contribution in [1.29, 1.82) is 0 Å². The van der Waals surface area contributed by atoms with Gasteiger partial charge < -0.3 is 5.32 Å². The van der Waals surface area contributed by atoms with Gasteiger partial charge in [-0.2, -0.15) is 0 Å². The minimum Gasteiger partial charge on any atom is -0.354 e. The summed E-state index contributed by atoms with van der Waals surface area (Å²) in [6, 6.07) is 11.8. The highest BCUT2D eigenvalue weighted by molar-refractivity contribution is 6.36. The molecule has 7 heteroatoms. The number of carbonyl (C=O) groups excluding carboxylic acids is 1. The molecule has 1 aliphatic rings. The Labute approximate surface area is 148 Å². The quantitative estimate of drug-likeness (QED) is 0.855. The Morgan fingerprint density at radius 3 is 2.61 bits per heavy atom. The zero-order valence-electron chi connectivity index (χ0n) is 11.9. The van der Waals surface area contributed by atoms with Crippen LogP contribution in [0.2, 0.25) is 15.1 Å². The van der Waals surface area contributed by atoms with Crippen molar-refractivity contribution in [2.45, 2.75) is 0 Å². The van der Waals surface area contributed by atoms with Crippen LogP contribution in [0.25, 0.3) is 0 Å². The smallest absolute Gasteiger partial charge is 0.260 e. The monoisotopic (exact) mass is 367 g/mol. The van der Waals surface area contributed by atoms with Crippen molar-refractivity contribution in [3.8, 4) is 0 Å². The third-order valence-electron chi connectivity index (χ3n) is 3.33. The van der Waals surface area contributed by atoms with E-state index >= 15 is 0 Å². The lowest BCUT2D eigenvalue weighted by molar-refractivity contribution is 0.0859. The van der Waals surface area contributed by atoms with E-state index in [9.17, 15) is 4.79 Å². The van der Waals surface area contributed by atoms with Crippen LogP contribution >= 0.6 is 34.8 Å². The number of hydrogen-bond donors (Lipinski definition) is 1. The fourth-order valence-electron chi connectivity index (χ4n) is 2.24. The standard InChI is InChI=1S/C16H12Cl3N3O/c17-11-3-1-2-10(8-11)15(23)22-7-6-20-16(22)21-14-5-4-12(18)9-13(14)19/h1-5,8-9H,6-7H2,(H,20,21). The number of rotatable bonds is 2. The van der Waals surface area contributed by atoms with Gasteiger partial charge >= 0.3 is 0 Å². The van der Waals surface area contributed by atoms with Crippen LogP contribution < -0.4 is 5.32 Å². The number of carbonyl (C=O) groups is 1. The summed E-state index contributed by atoms with van der Waals surface area (Å²) in [5.74, 6) is 0.292. The summed E-state index contributed by atoms with van der Waals surface area (Å²) in [6.45, 7) is 1.14. The van der Waals surface area contributed by atoms with Gasteiger partial charge in [-0.15, -0.1) is 0 Å². The van der Waals surface area contributed by atoms with E-state index in [1.165, 1.54) is 0 Å². The topological polar surface area (TPSA) is 44.7 Å². The average Bonchev–Trinajstić information content (AvgIpc) is 2.97. The Balaban J connectivity index is 1.90. The molecule has 0 aromatic heterocycles. The first-order chi connectivity index (χ1) is 11.0. The molecule has 3 rings (SSSR count). The minimum absolute atomic E-state index is 0.165. The highest BCUT2D eigenvalue weighted by atomic mass is 35.5. The molecule has 118 valence electrons. The summed E-state index contributed by atoms with van der Waals surface area (Å²) in [4.78, 5) is 18.6. The summed E-state index contributed by atoms with van der Waals surface area (Å²) in [7, 11) is 0. The molecule has 2 aromatic carbocycles. The van der Waals surface area contributed by atoms with E-state index in [0.717, 1.165) is 0 Å². The molecule has 0 saturated carbocycles. The van der Waals surface area contributed by atoms with Gasteiger partial charge in [-0.25, -0.2) is 4.99 Å². The van der Waals surface area contributed by atoms with Crippen LogP contribution in [0.4, 0.5) is 5.69 Å². The number of nitrogens with zero attached hydrogens (tertiary/aromatic N) is 2. The highest BCUT2D eigenvalue weighted by Gasteiger charge is 2.26. The van der Waals surface area contributed by atoms with Gasteiger partial charge in [0.15, 0.2) is 0 Å². The Kier molecular flexibility index (Phi) is 4.76. The minimum atomic E-state index is -0.165. The van der Waals surface area contributed by atoms with Gasteiger partial charge in [-0.05, 0) is 36.4 Å². The van der Waals surface area contributed by atoms with Crippen molar-refractivity contribution in [2.75, 3.05) is 13.1 Å². The lowest BCUT2D eigenvalue weighted by Gasteiger charge is -2.16. The van der Waals surface area contributed by atoms with Crippen LogP contribution in [0.3, 0.4) is 0 Å². The van der Waals surface area contributed by atoms with E-state index in [-0.39, 0.29) is 5.91 Å². The van der Waals surface area contributed by atoms with Crippen molar-refractivity contribution in [2.24, 2.45) is 4.99 Å². The zero-order valence-corrected chi connectivity index (χ0v) is 14.2. The third kappa shape index (κ3) is 3.61. The normalized spacial score (nSPS) is 15.8. The zero-order chi connectivity index (χ0) is 16.4. The Morgan fingerprint density at radius 2 is 1.87 bits per heavy atom. The first-order valence-corrected chi connectivity index (χ1v) is 8.03. The summed E-state index contributed by atoms with van der Waals surface area (Å²) in [5.41, 5.74) is 1.06. The first kappa shape index (κ1) is 16.1. The van der Waals surface area contributed by atoms with E-state index in [1.54, 1.807) is 47.4 Å². The first-order valence-electron chi connectivity index (χ1n) is 6.89. The molecule has 0 atom stereocenters. The molecule has 1 aliphatic heterocycles. The maximum atomic E-state index is 12.6. The molecule has 1 amide bonds. The van der Waals surface area contributed by atoms with Crippen molar-refractivity contribution in [3.63, 3.8) is 0 Å². The maximum Gasteiger partial charge on any atom is 0.260 e. The predicted octanol–water partition coefficient (Wildman–Crippen LogP) is 4.38. The third-order valence-corrected chi connectivity index (χ3v) is 4.10. The van der Waals surface area contributed by atoms with E-state index in [4.69, 9.17) is 34.8 Å². The molecule has 0 bridgehead atoms. The van der Waals surface area contributed by atoms with Crippen LogP contribution in [0.5, 0.6) is 0 Å². The van der Waals surface area contributed by atoms with Gasteiger partial charge in [-0.3, -0.25) is 9.69 Å². The molecule has 1 fully saturated rings. The second-order valence-electron chi connectivity index (χ2n) is 4.93. The molecule has 23 heavy (non-hydrogen) atoms. The number of benzene rings is 2. The Hall–Kier alpha value is -1.75. The van der Waals surface area contributed by atoms with E-state index in [1.807, 2.05) is 0 Å². The van der Waals surface area contributed by atoms with Crippen molar-refractivity contribution in [1.82, 2.24) is 10.2 Å². The van der Waals surface area contributed by atoms with Crippen molar-refractivity contribution >= 4 is 52.4 Å².